The van der Waals surface area contributed by atoms with Crippen LogP contribution in [0.4, 0.5) is 0 Å². The molecule has 1 saturated heterocycles. The van der Waals surface area contributed by atoms with Crippen molar-refractivity contribution in [1.82, 2.24) is 10.2 Å². The summed E-state index contributed by atoms with van der Waals surface area (Å²) >= 11 is 5.29. The van der Waals surface area contributed by atoms with Crippen LogP contribution in [-0.2, 0) is 11.3 Å². The fourth-order valence-electron chi connectivity index (χ4n) is 2.99. The number of ether oxygens (including phenoxy) is 1. The minimum Gasteiger partial charge on any atom is -0.381 e. The molecule has 1 aliphatic rings. The SMILES string of the molecule is CCNCC1(CN(C)Cc2csc(Br)c2)CCCOC1. The summed E-state index contributed by atoms with van der Waals surface area (Å²) in [6, 6.07) is 2.22. The molecule has 1 aromatic rings. The van der Waals surface area contributed by atoms with Gasteiger partial charge in [0.25, 0.3) is 0 Å². The largest absolute Gasteiger partial charge is 0.381 e. The first kappa shape index (κ1) is 16.4. The second-order valence-electron chi connectivity index (χ2n) is 5.87. The first-order valence-corrected chi connectivity index (χ1v) is 9.01. The van der Waals surface area contributed by atoms with Gasteiger partial charge in [0.1, 0.15) is 0 Å². The fraction of sp³-hybridized carbons (Fsp3) is 0.733. The molecular formula is C15H25BrN2OS. The summed E-state index contributed by atoms with van der Waals surface area (Å²) in [5.41, 5.74) is 1.66. The lowest BCUT2D eigenvalue weighted by Gasteiger charge is -2.40. The van der Waals surface area contributed by atoms with Gasteiger partial charge in [-0.3, -0.25) is 0 Å². The van der Waals surface area contributed by atoms with Gasteiger partial charge in [-0.1, -0.05) is 6.92 Å². The van der Waals surface area contributed by atoms with E-state index >= 15 is 0 Å². The molecule has 0 aromatic carbocycles. The minimum atomic E-state index is 0.274. The van der Waals surface area contributed by atoms with Gasteiger partial charge in [-0.2, -0.15) is 0 Å². The molecule has 0 saturated carbocycles. The van der Waals surface area contributed by atoms with E-state index in [1.54, 1.807) is 11.3 Å². The number of nitrogens with zero attached hydrogens (tertiary/aromatic N) is 1. The zero-order valence-corrected chi connectivity index (χ0v) is 14.9. The Morgan fingerprint density at radius 2 is 2.40 bits per heavy atom. The number of halogens is 1. The third kappa shape index (κ3) is 4.81. The molecule has 114 valence electrons. The van der Waals surface area contributed by atoms with Gasteiger partial charge in [0.2, 0.25) is 0 Å². The maximum absolute atomic E-state index is 5.77. The van der Waals surface area contributed by atoms with Crippen LogP contribution in [0.2, 0.25) is 0 Å². The maximum atomic E-state index is 5.77. The van der Waals surface area contributed by atoms with Gasteiger partial charge >= 0.3 is 0 Å². The molecule has 0 aliphatic carbocycles. The lowest BCUT2D eigenvalue weighted by Crippen LogP contribution is -2.48. The van der Waals surface area contributed by atoms with Crippen LogP contribution >= 0.6 is 27.3 Å². The highest BCUT2D eigenvalue weighted by molar-refractivity contribution is 9.11. The van der Waals surface area contributed by atoms with Crippen molar-refractivity contribution < 1.29 is 4.74 Å². The summed E-state index contributed by atoms with van der Waals surface area (Å²) in [5, 5.41) is 5.75. The van der Waals surface area contributed by atoms with E-state index in [4.69, 9.17) is 4.74 Å². The second-order valence-corrected chi connectivity index (χ2v) is 8.16. The molecule has 1 aliphatic heterocycles. The van der Waals surface area contributed by atoms with Gasteiger partial charge < -0.3 is 15.0 Å². The highest BCUT2D eigenvalue weighted by atomic mass is 79.9. The summed E-state index contributed by atoms with van der Waals surface area (Å²) in [6.07, 6.45) is 2.45. The molecule has 20 heavy (non-hydrogen) atoms. The summed E-state index contributed by atoms with van der Waals surface area (Å²) in [4.78, 5) is 2.43. The first-order chi connectivity index (χ1) is 9.63. The van der Waals surface area contributed by atoms with Crippen molar-refractivity contribution in [3.05, 3.63) is 20.8 Å². The number of nitrogens with one attached hydrogen (secondary N) is 1. The monoisotopic (exact) mass is 360 g/mol. The van der Waals surface area contributed by atoms with Crippen LogP contribution < -0.4 is 5.32 Å². The topological polar surface area (TPSA) is 24.5 Å². The number of hydrogen-bond acceptors (Lipinski definition) is 4. The van der Waals surface area contributed by atoms with Crippen LogP contribution in [0.25, 0.3) is 0 Å². The van der Waals surface area contributed by atoms with Crippen LogP contribution in [0.5, 0.6) is 0 Å². The summed E-state index contributed by atoms with van der Waals surface area (Å²) in [7, 11) is 2.22. The minimum absolute atomic E-state index is 0.274. The van der Waals surface area contributed by atoms with E-state index in [2.05, 4.69) is 51.6 Å². The van der Waals surface area contributed by atoms with Crippen LogP contribution in [0, 0.1) is 5.41 Å². The van der Waals surface area contributed by atoms with Gasteiger partial charge in [0.05, 0.1) is 10.4 Å². The van der Waals surface area contributed by atoms with Crippen molar-refractivity contribution in [2.24, 2.45) is 5.41 Å². The Morgan fingerprint density at radius 3 is 3.00 bits per heavy atom. The summed E-state index contributed by atoms with van der Waals surface area (Å²) in [6.45, 7) is 8.17. The average molecular weight is 361 g/mol. The average Bonchev–Trinajstić information content (AvgIpc) is 2.82. The predicted octanol–water partition coefficient (Wildman–Crippen LogP) is 3.35. The summed E-state index contributed by atoms with van der Waals surface area (Å²) < 4.78 is 6.98. The van der Waals surface area contributed by atoms with Crippen molar-refractivity contribution in [3.8, 4) is 0 Å². The Balaban J connectivity index is 1.92. The molecule has 1 N–H and O–H groups in total. The number of hydrogen-bond donors (Lipinski definition) is 1. The van der Waals surface area contributed by atoms with Crippen LogP contribution in [0.3, 0.4) is 0 Å². The molecular weight excluding hydrogens is 336 g/mol. The Kier molecular flexibility index (Phi) is 6.49. The molecule has 0 bridgehead atoms. The van der Waals surface area contributed by atoms with Crippen molar-refractivity contribution in [2.45, 2.75) is 26.3 Å². The van der Waals surface area contributed by atoms with E-state index in [1.807, 2.05) is 0 Å². The van der Waals surface area contributed by atoms with Gasteiger partial charge in [-0.05, 0) is 59.4 Å². The predicted molar refractivity (Wildman–Crippen MR) is 89.4 cm³/mol. The first-order valence-electron chi connectivity index (χ1n) is 7.33. The second kappa shape index (κ2) is 7.90. The lowest BCUT2D eigenvalue weighted by molar-refractivity contribution is -0.0234. The third-order valence-electron chi connectivity index (χ3n) is 3.83. The highest BCUT2D eigenvalue weighted by Crippen LogP contribution is 2.30. The highest BCUT2D eigenvalue weighted by Gasteiger charge is 2.33. The number of thiophene rings is 1. The van der Waals surface area contributed by atoms with E-state index in [0.717, 1.165) is 39.4 Å². The molecule has 0 radical (unpaired) electrons. The van der Waals surface area contributed by atoms with Gasteiger partial charge in [0, 0.05) is 31.7 Å². The molecule has 0 amide bonds. The van der Waals surface area contributed by atoms with E-state index in [9.17, 15) is 0 Å². The molecule has 0 spiro atoms. The molecule has 2 rings (SSSR count). The Labute approximate surface area is 134 Å². The quantitative estimate of drug-likeness (QED) is 0.806. The van der Waals surface area contributed by atoms with Crippen molar-refractivity contribution >= 4 is 27.3 Å². The van der Waals surface area contributed by atoms with E-state index in [1.165, 1.54) is 22.2 Å². The van der Waals surface area contributed by atoms with Crippen LogP contribution in [-0.4, -0.2) is 44.8 Å². The molecule has 5 heteroatoms. The smallest absolute Gasteiger partial charge is 0.0701 e. The van der Waals surface area contributed by atoms with Crippen molar-refractivity contribution in [3.63, 3.8) is 0 Å². The summed E-state index contributed by atoms with van der Waals surface area (Å²) in [5.74, 6) is 0. The molecule has 1 aromatic heterocycles. The molecule has 2 heterocycles. The lowest BCUT2D eigenvalue weighted by atomic mass is 9.81. The maximum Gasteiger partial charge on any atom is 0.0701 e. The van der Waals surface area contributed by atoms with Crippen LogP contribution in [0.1, 0.15) is 25.3 Å². The van der Waals surface area contributed by atoms with Crippen LogP contribution in [0.15, 0.2) is 15.2 Å². The van der Waals surface area contributed by atoms with E-state index in [-0.39, 0.29) is 5.41 Å². The Hall–Kier alpha value is 0.0600. The van der Waals surface area contributed by atoms with Crippen molar-refractivity contribution in [2.75, 3.05) is 39.9 Å². The van der Waals surface area contributed by atoms with Crippen molar-refractivity contribution in [1.29, 1.82) is 0 Å². The van der Waals surface area contributed by atoms with E-state index < -0.39 is 0 Å². The zero-order valence-electron chi connectivity index (χ0n) is 12.5. The Bertz CT molecular complexity index is 404. The van der Waals surface area contributed by atoms with Gasteiger partial charge in [-0.25, -0.2) is 0 Å². The standard InChI is InChI=1S/C15H25BrN2OS/c1-3-17-10-15(5-4-6-19-12-15)11-18(2)8-13-7-14(16)20-9-13/h7,9,17H,3-6,8,10-12H2,1-2H3. The van der Waals surface area contributed by atoms with Gasteiger partial charge in [-0.15, -0.1) is 11.3 Å². The molecule has 3 nitrogen and oxygen atoms in total. The Morgan fingerprint density at radius 1 is 1.55 bits per heavy atom. The molecule has 1 fully saturated rings. The third-order valence-corrected chi connectivity index (χ3v) is 5.39. The van der Waals surface area contributed by atoms with E-state index in [0.29, 0.717) is 0 Å². The molecule has 1 unspecified atom stereocenters. The normalized spacial score (nSPS) is 23.4. The molecule has 1 atom stereocenters. The number of rotatable bonds is 7. The van der Waals surface area contributed by atoms with Gasteiger partial charge in [0.15, 0.2) is 0 Å². The zero-order chi connectivity index (χ0) is 14.4. The fourth-order valence-corrected chi connectivity index (χ4v) is 4.19.